The zero-order valence-corrected chi connectivity index (χ0v) is 13.7. The Kier molecular flexibility index (Phi) is 4.77. The van der Waals surface area contributed by atoms with Crippen LogP contribution in [-0.2, 0) is 7.05 Å². The number of hydrogen-bond donors (Lipinski definition) is 2. The molecule has 1 aliphatic heterocycles. The molecule has 2 N–H and O–H groups in total. The number of hydrogen-bond acceptors (Lipinski definition) is 4. The molecular weight excluding hydrogens is 340 g/mol. The molecule has 0 saturated carbocycles. The minimum absolute atomic E-state index is 0.184. The average Bonchev–Trinajstić information content (AvgIpc) is 2.92. The minimum Gasteiger partial charge on any atom is -0.317 e. The standard InChI is InChI=1S/C15H16ClF2N5O/c1-23-15(20-13(22-23)8-2-4-19-5-3-8)21-14(24)9-6-12(18)10(16)7-11(9)17/h6-8,19H,2-5H2,1H3,(H,20,21,22,24). The van der Waals surface area contributed by atoms with Gasteiger partial charge in [-0.2, -0.15) is 10.1 Å². The van der Waals surface area contributed by atoms with Crippen LogP contribution in [-0.4, -0.2) is 33.8 Å². The summed E-state index contributed by atoms with van der Waals surface area (Å²) < 4.78 is 28.7. The van der Waals surface area contributed by atoms with E-state index in [9.17, 15) is 13.6 Å². The fraction of sp³-hybridized carbons (Fsp3) is 0.400. The van der Waals surface area contributed by atoms with Crippen LogP contribution in [0.3, 0.4) is 0 Å². The number of carbonyl (C=O) groups is 1. The summed E-state index contributed by atoms with van der Waals surface area (Å²) in [4.78, 5) is 16.5. The molecule has 1 aliphatic rings. The summed E-state index contributed by atoms with van der Waals surface area (Å²) in [6.45, 7) is 1.78. The van der Waals surface area contributed by atoms with Gasteiger partial charge in [-0.1, -0.05) is 11.6 Å². The van der Waals surface area contributed by atoms with Crippen LogP contribution in [0, 0.1) is 11.6 Å². The lowest BCUT2D eigenvalue weighted by molar-refractivity contribution is 0.102. The molecule has 9 heteroatoms. The Morgan fingerprint density at radius 1 is 1.33 bits per heavy atom. The van der Waals surface area contributed by atoms with Gasteiger partial charge < -0.3 is 5.32 Å². The van der Waals surface area contributed by atoms with Crippen molar-refractivity contribution in [3.8, 4) is 0 Å². The fourth-order valence-electron chi connectivity index (χ4n) is 2.63. The molecule has 0 unspecified atom stereocenters. The third-order valence-electron chi connectivity index (χ3n) is 3.96. The number of benzene rings is 1. The van der Waals surface area contributed by atoms with Crippen molar-refractivity contribution >= 4 is 23.5 Å². The zero-order valence-electron chi connectivity index (χ0n) is 12.9. The number of halogens is 3. The molecule has 1 amide bonds. The lowest BCUT2D eigenvalue weighted by Crippen LogP contribution is -2.27. The molecule has 128 valence electrons. The highest BCUT2D eigenvalue weighted by Crippen LogP contribution is 2.24. The summed E-state index contributed by atoms with van der Waals surface area (Å²) in [5.74, 6) is -1.54. The number of nitrogens with one attached hydrogen (secondary N) is 2. The summed E-state index contributed by atoms with van der Waals surface area (Å²) in [5.41, 5.74) is -0.441. The van der Waals surface area contributed by atoms with E-state index in [-0.39, 0.29) is 16.9 Å². The Morgan fingerprint density at radius 2 is 2.04 bits per heavy atom. The smallest absolute Gasteiger partial charge is 0.261 e. The van der Waals surface area contributed by atoms with Gasteiger partial charge in [-0.25, -0.2) is 13.5 Å². The molecule has 24 heavy (non-hydrogen) atoms. The summed E-state index contributed by atoms with van der Waals surface area (Å²) in [6.07, 6.45) is 1.82. The zero-order chi connectivity index (χ0) is 17.3. The molecule has 6 nitrogen and oxygen atoms in total. The quantitative estimate of drug-likeness (QED) is 0.830. The predicted molar refractivity (Wildman–Crippen MR) is 85.2 cm³/mol. The molecule has 1 aromatic carbocycles. The van der Waals surface area contributed by atoms with Gasteiger partial charge in [0.25, 0.3) is 5.91 Å². The highest BCUT2D eigenvalue weighted by molar-refractivity contribution is 6.30. The molecule has 1 fully saturated rings. The SMILES string of the molecule is Cn1nc(C2CCNCC2)nc1NC(=O)c1cc(F)c(Cl)cc1F. The van der Waals surface area contributed by atoms with E-state index < -0.39 is 23.1 Å². The molecule has 0 aliphatic carbocycles. The first kappa shape index (κ1) is 16.8. The molecule has 0 spiro atoms. The van der Waals surface area contributed by atoms with E-state index in [0.29, 0.717) is 5.82 Å². The molecule has 0 bridgehead atoms. The van der Waals surface area contributed by atoms with Crippen molar-refractivity contribution in [2.24, 2.45) is 7.05 Å². The highest BCUT2D eigenvalue weighted by atomic mass is 35.5. The number of piperidine rings is 1. The van der Waals surface area contributed by atoms with Gasteiger partial charge in [0.05, 0.1) is 10.6 Å². The Labute approximate surface area is 142 Å². The van der Waals surface area contributed by atoms with Gasteiger partial charge in [-0.05, 0) is 38.1 Å². The topological polar surface area (TPSA) is 71.8 Å². The first-order chi connectivity index (χ1) is 11.5. The van der Waals surface area contributed by atoms with E-state index in [1.807, 2.05) is 0 Å². The lowest BCUT2D eigenvalue weighted by atomic mass is 9.98. The van der Waals surface area contributed by atoms with E-state index in [2.05, 4.69) is 20.7 Å². The first-order valence-corrected chi connectivity index (χ1v) is 7.91. The largest absolute Gasteiger partial charge is 0.317 e. The van der Waals surface area contributed by atoms with Gasteiger partial charge in [0.1, 0.15) is 11.6 Å². The Morgan fingerprint density at radius 3 is 2.75 bits per heavy atom. The van der Waals surface area contributed by atoms with Crippen LogP contribution >= 0.6 is 11.6 Å². The molecule has 2 heterocycles. The van der Waals surface area contributed by atoms with E-state index >= 15 is 0 Å². The first-order valence-electron chi connectivity index (χ1n) is 7.53. The maximum atomic E-state index is 13.8. The van der Waals surface area contributed by atoms with Gasteiger partial charge in [0, 0.05) is 13.0 Å². The Balaban J connectivity index is 1.79. The van der Waals surface area contributed by atoms with Crippen LogP contribution < -0.4 is 10.6 Å². The average molecular weight is 356 g/mol. The number of carbonyl (C=O) groups excluding carboxylic acids is 1. The van der Waals surface area contributed by atoms with Crippen molar-refractivity contribution in [2.75, 3.05) is 18.4 Å². The molecule has 1 saturated heterocycles. The number of nitrogens with zero attached hydrogens (tertiary/aromatic N) is 3. The minimum atomic E-state index is -0.903. The number of aryl methyl sites for hydroxylation is 1. The van der Waals surface area contributed by atoms with Crippen molar-refractivity contribution < 1.29 is 13.6 Å². The summed E-state index contributed by atoms with van der Waals surface area (Å²) in [5, 5.41) is 9.64. The summed E-state index contributed by atoms with van der Waals surface area (Å²) in [7, 11) is 1.63. The van der Waals surface area contributed by atoms with Gasteiger partial charge >= 0.3 is 0 Å². The van der Waals surface area contributed by atoms with E-state index in [1.165, 1.54) is 4.68 Å². The Bertz CT molecular complexity index is 773. The van der Waals surface area contributed by atoms with E-state index in [4.69, 9.17) is 11.6 Å². The fourth-order valence-corrected chi connectivity index (χ4v) is 2.78. The maximum Gasteiger partial charge on any atom is 0.261 e. The number of aromatic nitrogens is 3. The third-order valence-corrected chi connectivity index (χ3v) is 4.25. The van der Waals surface area contributed by atoms with Gasteiger partial charge in [-0.15, -0.1) is 0 Å². The third kappa shape index (κ3) is 3.39. The van der Waals surface area contributed by atoms with E-state index in [0.717, 1.165) is 38.1 Å². The van der Waals surface area contributed by atoms with Crippen molar-refractivity contribution in [2.45, 2.75) is 18.8 Å². The normalized spacial score (nSPS) is 15.5. The maximum absolute atomic E-state index is 13.8. The predicted octanol–water partition coefficient (Wildman–Crippen LogP) is 2.47. The molecule has 3 rings (SSSR count). The van der Waals surface area contributed by atoms with Crippen LogP contribution in [0.2, 0.25) is 5.02 Å². The number of anilines is 1. The second kappa shape index (κ2) is 6.82. The molecule has 1 aromatic heterocycles. The van der Waals surface area contributed by atoms with Crippen LogP contribution in [0.1, 0.15) is 34.9 Å². The van der Waals surface area contributed by atoms with Crippen molar-refractivity contribution in [3.63, 3.8) is 0 Å². The molecule has 2 aromatic rings. The highest BCUT2D eigenvalue weighted by Gasteiger charge is 2.22. The van der Waals surface area contributed by atoms with Crippen LogP contribution in [0.15, 0.2) is 12.1 Å². The number of rotatable bonds is 3. The van der Waals surface area contributed by atoms with Crippen molar-refractivity contribution in [1.82, 2.24) is 20.1 Å². The molecule has 0 atom stereocenters. The van der Waals surface area contributed by atoms with Crippen molar-refractivity contribution in [3.05, 3.63) is 40.2 Å². The van der Waals surface area contributed by atoms with E-state index in [1.54, 1.807) is 7.05 Å². The monoisotopic (exact) mass is 355 g/mol. The van der Waals surface area contributed by atoms with Gasteiger partial charge in [0.15, 0.2) is 5.82 Å². The van der Waals surface area contributed by atoms with Gasteiger partial charge in [0.2, 0.25) is 5.95 Å². The van der Waals surface area contributed by atoms with Crippen LogP contribution in [0.5, 0.6) is 0 Å². The summed E-state index contributed by atoms with van der Waals surface area (Å²) in [6, 6.07) is 1.53. The number of amides is 1. The summed E-state index contributed by atoms with van der Waals surface area (Å²) >= 11 is 5.49. The lowest BCUT2D eigenvalue weighted by Gasteiger charge is -2.19. The van der Waals surface area contributed by atoms with Crippen LogP contribution in [0.25, 0.3) is 0 Å². The van der Waals surface area contributed by atoms with Gasteiger partial charge in [-0.3, -0.25) is 10.1 Å². The molecule has 0 radical (unpaired) electrons. The second-order valence-electron chi connectivity index (χ2n) is 5.64. The Hall–Kier alpha value is -2.06. The van der Waals surface area contributed by atoms with Crippen molar-refractivity contribution in [1.29, 1.82) is 0 Å². The van der Waals surface area contributed by atoms with Crippen LogP contribution in [0.4, 0.5) is 14.7 Å². The second-order valence-corrected chi connectivity index (χ2v) is 6.05. The molecular formula is C15H16ClF2N5O.